The maximum Gasteiger partial charge on any atom is 0.187 e. The van der Waals surface area contributed by atoms with Crippen LogP contribution >= 0.6 is 0 Å². The highest BCUT2D eigenvalue weighted by atomic mass is 16.7. The van der Waals surface area contributed by atoms with Gasteiger partial charge in [0.25, 0.3) is 0 Å². The Bertz CT molecular complexity index is 1630. The lowest BCUT2D eigenvalue weighted by Crippen LogP contribution is -2.69. The van der Waals surface area contributed by atoms with Gasteiger partial charge in [0.05, 0.1) is 37.1 Å². The van der Waals surface area contributed by atoms with Gasteiger partial charge >= 0.3 is 0 Å². The molecule has 0 bridgehead atoms. The maximum atomic E-state index is 12.6. The Morgan fingerprint density at radius 1 is 0.587 bits per heavy atom. The van der Waals surface area contributed by atoms with Crippen molar-refractivity contribution in [2.75, 3.05) is 13.2 Å². The molecule has 16 heteroatoms. The molecule has 3 aliphatic heterocycles. The molecule has 0 amide bonds. The summed E-state index contributed by atoms with van der Waals surface area (Å²) in [4.78, 5) is 0. The van der Waals surface area contributed by atoms with Gasteiger partial charge in [-0.2, -0.15) is 0 Å². The Labute approximate surface area is 372 Å². The van der Waals surface area contributed by atoms with Crippen LogP contribution in [0, 0.1) is 56.7 Å². The molecule has 63 heavy (non-hydrogen) atoms. The topological polar surface area (TPSA) is 258 Å². The fourth-order valence-corrected chi connectivity index (χ4v) is 16.4. The van der Waals surface area contributed by atoms with Crippen LogP contribution in [0.5, 0.6) is 0 Å². The van der Waals surface area contributed by atoms with Crippen molar-refractivity contribution in [2.45, 2.75) is 224 Å². The highest BCUT2D eigenvalue weighted by molar-refractivity contribution is 5.21. The summed E-state index contributed by atoms with van der Waals surface area (Å²) >= 11 is 0. The van der Waals surface area contributed by atoms with E-state index in [2.05, 4.69) is 41.5 Å². The molecule has 364 valence electrons. The molecule has 0 aromatic heterocycles. The van der Waals surface area contributed by atoms with Crippen LogP contribution in [0.3, 0.4) is 0 Å². The summed E-state index contributed by atoms with van der Waals surface area (Å²) in [7, 11) is 0. The molecular formula is C47H80O16. The zero-order chi connectivity index (χ0) is 46.1. The first-order valence-corrected chi connectivity index (χ1v) is 23.9. The first-order valence-electron chi connectivity index (χ1n) is 23.9. The largest absolute Gasteiger partial charge is 0.394 e. The molecule has 8 aliphatic rings. The van der Waals surface area contributed by atoms with Crippen LogP contribution in [0.25, 0.3) is 0 Å². The van der Waals surface area contributed by atoms with E-state index in [1.165, 1.54) is 6.92 Å². The molecule has 8 fully saturated rings. The minimum atomic E-state index is -1.66. The smallest absolute Gasteiger partial charge is 0.187 e. The Morgan fingerprint density at radius 3 is 1.87 bits per heavy atom. The van der Waals surface area contributed by atoms with E-state index in [4.69, 9.17) is 28.4 Å². The van der Waals surface area contributed by atoms with Crippen molar-refractivity contribution in [3.63, 3.8) is 0 Å². The van der Waals surface area contributed by atoms with E-state index in [1.807, 2.05) is 13.8 Å². The SMILES string of the molecule is C[C@@H]1O[C@@H](O[C@H]2[C@H](O)[C@@H](O)[C@H](OC(C)(C)[C@H]3CC[C@@]4(C)[C@H]3[C@@H](O)C[C@]3(C)[C@@H]4CC[C@@H]4[C@@]5(C)CC[C@H](O[C@@H]6OC[C@H](O)[C@H](O)[C@H]6O)C(C)(C)[C@H]5CC[C@]43C)O[C@@H]2CO)[C@H](O)[C@H](O)[C@H]1O. The summed E-state index contributed by atoms with van der Waals surface area (Å²) in [6.45, 7) is 19.0. The van der Waals surface area contributed by atoms with E-state index in [0.29, 0.717) is 24.2 Å². The predicted octanol–water partition coefficient (Wildman–Crippen LogP) is 1.33. The highest BCUT2D eigenvalue weighted by Crippen LogP contribution is 2.78. The van der Waals surface area contributed by atoms with Crippen molar-refractivity contribution in [1.82, 2.24) is 0 Å². The zero-order valence-electron chi connectivity index (χ0n) is 38.8. The first kappa shape index (κ1) is 48.8. The van der Waals surface area contributed by atoms with E-state index in [1.54, 1.807) is 0 Å². The van der Waals surface area contributed by atoms with Gasteiger partial charge in [-0.1, -0.05) is 41.5 Å². The van der Waals surface area contributed by atoms with Crippen LogP contribution in [-0.4, -0.2) is 168 Å². The number of fused-ring (bicyclic) bond motifs is 7. The summed E-state index contributed by atoms with van der Waals surface area (Å²) in [5.41, 5.74) is -1.59. The van der Waals surface area contributed by atoms with Gasteiger partial charge in [-0.25, -0.2) is 0 Å². The summed E-state index contributed by atoms with van der Waals surface area (Å²) in [5.74, 6) is 0.868. The van der Waals surface area contributed by atoms with Gasteiger partial charge in [0.2, 0.25) is 0 Å². The Morgan fingerprint density at radius 2 is 1.21 bits per heavy atom. The third-order valence-electron chi connectivity index (χ3n) is 19.8. The summed E-state index contributed by atoms with van der Waals surface area (Å²) in [6.07, 6.45) is -11.6. The van der Waals surface area contributed by atoms with E-state index in [0.717, 1.165) is 51.4 Å². The number of aliphatic hydroxyl groups is 10. The second kappa shape index (κ2) is 16.8. The fourth-order valence-electron chi connectivity index (χ4n) is 16.4. The average Bonchev–Trinajstić information content (AvgIpc) is 3.59. The van der Waals surface area contributed by atoms with Gasteiger partial charge in [0, 0.05) is 0 Å². The van der Waals surface area contributed by atoms with Gasteiger partial charge in [-0.05, 0) is 135 Å². The number of hydrogen-bond acceptors (Lipinski definition) is 16. The monoisotopic (exact) mass is 901 g/mol. The quantitative estimate of drug-likeness (QED) is 0.154. The molecule has 25 atom stereocenters. The zero-order valence-corrected chi connectivity index (χ0v) is 38.8. The van der Waals surface area contributed by atoms with E-state index < -0.39 is 104 Å². The molecular weight excluding hydrogens is 821 g/mol. The number of hydrogen-bond donors (Lipinski definition) is 10. The molecule has 0 spiro atoms. The van der Waals surface area contributed by atoms with E-state index in [-0.39, 0.29) is 51.6 Å². The van der Waals surface area contributed by atoms with Crippen molar-refractivity contribution in [3.05, 3.63) is 0 Å². The van der Waals surface area contributed by atoms with Crippen LogP contribution in [0.2, 0.25) is 0 Å². The molecule has 8 rings (SSSR count). The third-order valence-corrected chi connectivity index (χ3v) is 19.8. The Kier molecular flexibility index (Phi) is 13.0. The molecule has 10 N–H and O–H groups in total. The van der Waals surface area contributed by atoms with Gasteiger partial charge < -0.3 is 79.5 Å². The molecule has 3 heterocycles. The molecule has 0 aromatic rings. The first-order chi connectivity index (χ1) is 29.3. The lowest BCUT2D eigenvalue weighted by molar-refractivity contribution is -0.368. The predicted molar refractivity (Wildman–Crippen MR) is 224 cm³/mol. The van der Waals surface area contributed by atoms with Crippen LogP contribution < -0.4 is 0 Å². The molecule has 16 nitrogen and oxygen atoms in total. The molecule has 3 saturated heterocycles. The van der Waals surface area contributed by atoms with Crippen LogP contribution in [-0.2, 0) is 28.4 Å². The van der Waals surface area contributed by atoms with Crippen molar-refractivity contribution in [2.24, 2.45) is 56.7 Å². The third kappa shape index (κ3) is 7.45. The van der Waals surface area contributed by atoms with Gasteiger partial charge in [-0.15, -0.1) is 0 Å². The lowest BCUT2D eigenvalue weighted by atomic mass is 9.31. The molecule has 0 radical (unpaired) electrons. The number of aliphatic hydroxyl groups excluding tert-OH is 10. The second-order valence-corrected chi connectivity index (χ2v) is 23.5. The van der Waals surface area contributed by atoms with Crippen LogP contribution in [0.1, 0.15) is 120 Å². The highest BCUT2D eigenvalue weighted by Gasteiger charge is 2.73. The summed E-state index contributed by atoms with van der Waals surface area (Å²) < 4.78 is 36.3. The lowest BCUT2D eigenvalue weighted by Gasteiger charge is -2.74. The fraction of sp³-hybridized carbons (Fsp3) is 1.00. The van der Waals surface area contributed by atoms with Crippen LogP contribution in [0.4, 0.5) is 0 Å². The standard InChI is InChI=1S/C47H80O16/c1-21-31(51)33(53)36(56)40(59-21)62-38-25(19-48)60-41(37(57)34(38)54)63-43(4,5)22-12-15-45(7)28-11-10-27-44(6)16-14-29(61-39-35(55)32(52)24(50)20-58-39)42(2,3)26(44)13-17-46(27,8)47(28,9)18-23(49)30(22)45/h21-41,48-57H,10-20H2,1-9H3/t21-,22-,23-,24-,25+,26+,27+,28+,29-,30+,31-,32-,33+,34+,35+,36+,37+,38+,39-,40-,41-,44-,45+,46+,47+/m0/s1. The van der Waals surface area contributed by atoms with Gasteiger partial charge in [0.1, 0.15) is 61.0 Å². The molecule has 0 unspecified atom stereocenters. The normalized spacial score (nSPS) is 57.1. The summed E-state index contributed by atoms with van der Waals surface area (Å²) in [5, 5.41) is 108. The summed E-state index contributed by atoms with van der Waals surface area (Å²) in [6, 6.07) is 0. The van der Waals surface area contributed by atoms with E-state index >= 15 is 0 Å². The Balaban J connectivity index is 0.966. The minimum absolute atomic E-state index is 0.0100. The van der Waals surface area contributed by atoms with E-state index in [9.17, 15) is 51.1 Å². The maximum absolute atomic E-state index is 12.6. The van der Waals surface area contributed by atoms with Crippen LogP contribution in [0.15, 0.2) is 0 Å². The van der Waals surface area contributed by atoms with Crippen molar-refractivity contribution in [1.29, 1.82) is 0 Å². The van der Waals surface area contributed by atoms with Gasteiger partial charge in [-0.3, -0.25) is 0 Å². The average molecular weight is 901 g/mol. The van der Waals surface area contributed by atoms with Crippen molar-refractivity contribution >= 4 is 0 Å². The molecule has 0 aromatic carbocycles. The number of ether oxygens (including phenoxy) is 6. The van der Waals surface area contributed by atoms with Crippen molar-refractivity contribution < 1.29 is 79.5 Å². The van der Waals surface area contributed by atoms with Crippen molar-refractivity contribution in [3.8, 4) is 0 Å². The molecule has 5 saturated carbocycles. The molecule has 5 aliphatic carbocycles. The Hall–Kier alpha value is -0.640. The van der Waals surface area contributed by atoms with Gasteiger partial charge in [0.15, 0.2) is 18.9 Å². The minimum Gasteiger partial charge on any atom is -0.394 e. The number of rotatable bonds is 8. The second-order valence-electron chi connectivity index (χ2n) is 23.5.